The molecule has 0 bridgehead atoms. The summed E-state index contributed by atoms with van der Waals surface area (Å²) in [6.07, 6.45) is -0.310. The van der Waals surface area contributed by atoms with Gasteiger partial charge in [0.05, 0.1) is 0 Å². The third-order valence-corrected chi connectivity index (χ3v) is 2.31. The average Bonchev–Trinajstić information content (AvgIpc) is 2.11. The van der Waals surface area contributed by atoms with Crippen LogP contribution in [-0.2, 0) is 24.0 Å². The minimum atomic E-state index is -5.85. The van der Waals surface area contributed by atoms with E-state index in [1.54, 1.807) is 0 Å². The van der Waals surface area contributed by atoms with Gasteiger partial charge in [0.2, 0.25) is 5.91 Å². The maximum absolute atomic E-state index is 11.8. The van der Waals surface area contributed by atoms with Gasteiger partial charge >= 0.3 is 15.6 Å². The number of alkyl halides is 3. The van der Waals surface area contributed by atoms with Gasteiger partial charge in [-0.2, -0.15) is 21.6 Å². The zero-order chi connectivity index (χ0) is 13.0. The molecule has 16 heavy (non-hydrogen) atoms. The molecule has 6 nitrogen and oxygen atoms in total. The zero-order valence-corrected chi connectivity index (χ0v) is 8.84. The number of nitrogens with zero attached hydrogens (tertiary/aromatic N) is 1. The van der Waals surface area contributed by atoms with Crippen molar-refractivity contribution in [1.29, 1.82) is 0 Å². The normalized spacial score (nSPS) is 12.2. The van der Waals surface area contributed by atoms with Crippen LogP contribution in [0.2, 0.25) is 0 Å². The van der Waals surface area contributed by atoms with E-state index in [4.69, 9.17) is 0 Å². The average molecular weight is 263 g/mol. The largest absolute Gasteiger partial charge is 0.525 e. The number of hydrogen-bond acceptors (Lipinski definition) is 5. The first kappa shape index (κ1) is 14.8. The van der Waals surface area contributed by atoms with Gasteiger partial charge < -0.3 is 4.79 Å². The molecule has 0 saturated carbocycles. The van der Waals surface area contributed by atoms with Crippen LogP contribution in [0.1, 0.15) is 12.8 Å². The number of carbonyl (C=O) groups excluding carboxylic acids is 2. The van der Waals surface area contributed by atoms with Crippen LogP contribution in [-0.4, -0.2) is 38.2 Å². The fourth-order valence-corrected chi connectivity index (χ4v) is 1.03. The fraction of sp³-hybridized carbons (Fsp3) is 0.667. The Morgan fingerprint density at radius 2 is 1.94 bits per heavy atom. The summed E-state index contributed by atoms with van der Waals surface area (Å²) in [4.78, 5) is 20.8. The highest BCUT2D eigenvalue weighted by atomic mass is 32.2. The third-order valence-electron chi connectivity index (χ3n) is 1.32. The number of rotatable bonds is 5. The summed E-state index contributed by atoms with van der Waals surface area (Å²) in [6.45, 7) is 0. The fourth-order valence-electron chi connectivity index (χ4n) is 0.571. The molecule has 0 unspecified atom stereocenters. The lowest BCUT2D eigenvalue weighted by atomic mass is 10.3. The second-order valence-electron chi connectivity index (χ2n) is 2.57. The highest BCUT2D eigenvalue weighted by molar-refractivity contribution is 7.87. The molecular weight excluding hydrogens is 255 g/mol. The van der Waals surface area contributed by atoms with Crippen LogP contribution < -0.4 is 0 Å². The third kappa shape index (κ3) is 4.14. The van der Waals surface area contributed by atoms with Crippen molar-refractivity contribution < 1.29 is 35.5 Å². The molecule has 0 aliphatic rings. The summed E-state index contributed by atoms with van der Waals surface area (Å²) < 4.78 is 59.7. The van der Waals surface area contributed by atoms with Gasteiger partial charge in [-0.25, -0.2) is 5.06 Å². The monoisotopic (exact) mass is 263 g/mol. The van der Waals surface area contributed by atoms with Crippen LogP contribution >= 0.6 is 0 Å². The first-order valence-corrected chi connectivity index (χ1v) is 5.23. The quantitative estimate of drug-likeness (QED) is 0.402. The van der Waals surface area contributed by atoms with Gasteiger partial charge in [0.1, 0.15) is 6.29 Å². The first-order chi connectivity index (χ1) is 7.12. The molecule has 0 radical (unpaired) electrons. The molecule has 0 rings (SSSR count). The van der Waals surface area contributed by atoms with Gasteiger partial charge in [-0.3, -0.25) is 4.79 Å². The van der Waals surface area contributed by atoms with E-state index < -0.39 is 28.0 Å². The van der Waals surface area contributed by atoms with Crippen LogP contribution in [0.4, 0.5) is 13.2 Å². The number of hydroxylamine groups is 2. The predicted molar refractivity (Wildman–Crippen MR) is 44.1 cm³/mol. The Kier molecular flexibility index (Phi) is 4.87. The topological polar surface area (TPSA) is 80.8 Å². The smallest absolute Gasteiger partial charge is 0.303 e. The summed E-state index contributed by atoms with van der Waals surface area (Å²) in [5.41, 5.74) is -5.60. The van der Waals surface area contributed by atoms with Crippen LogP contribution in [0, 0.1) is 0 Å². The predicted octanol–water partition coefficient (Wildman–Crippen LogP) is 0.205. The van der Waals surface area contributed by atoms with Crippen LogP contribution in [0.15, 0.2) is 0 Å². The van der Waals surface area contributed by atoms with E-state index in [1.165, 1.54) is 0 Å². The highest BCUT2D eigenvalue weighted by Gasteiger charge is 2.49. The van der Waals surface area contributed by atoms with E-state index in [0.717, 1.165) is 0 Å². The molecular formula is C6H8F3NO5S. The standard InChI is InChI=1S/C6H8F3NO5S/c1-10(5(12)3-2-4-11)15-16(13,14)6(7,8)9/h4H,2-3H2,1H3. The summed E-state index contributed by atoms with van der Waals surface area (Å²) in [5, 5.41) is -0.0771. The summed E-state index contributed by atoms with van der Waals surface area (Å²) in [7, 11) is -5.15. The minimum absolute atomic E-state index is 0.0771. The van der Waals surface area contributed by atoms with E-state index >= 15 is 0 Å². The van der Waals surface area contributed by atoms with E-state index in [-0.39, 0.29) is 11.5 Å². The maximum Gasteiger partial charge on any atom is 0.525 e. The van der Waals surface area contributed by atoms with Gasteiger partial charge in [0.25, 0.3) is 0 Å². The molecule has 1 amide bonds. The van der Waals surface area contributed by atoms with Crippen molar-refractivity contribution in [3.05, 3.63) is 0 Å². The van der Waals surface area contributed by atoms with E-state index in [9.17, 15) is 31.2 Å². The highest BCUT2D eigenvalue weighted by Crippen LogP contribution is 2.25. The molecule has 0 saturated heterocycles. The number of halogens is 3. The molecule has 0 atom stereocenters. The van der Waals surface area contributed by atoms with Crippen LogP contribution in [0.25, 0.3) is 0 Å². The SMILES string of the molecule is CN(OS(=O)(=O)C(F)(F)F)C(=O)CCC=O. The second kappa shape index (κ2) is 5.25. The Balaban J connectivity index is 4.51. The van der Waals surface area contributed by atoms with Gasteiger partial charge in [0.15, 0.2) is 0 Å². The van der Waals surface area contributed by atoms with E-state index in [0.29, 0.717) is 13.3 Å². The van der Waals surface area contributed by atoms with Gasteiger partial charge in [-0.15, -0.1) is 4.28 Å². The Morgan fingerprint density at radius 1 is 1.44 bits per heavy atom. The van der Waals surface area contributed by atoms with Crippen LogP contribution in [0.5, 0.6) is 0 Å². The number of hydrogen-bond donors (Lipinski definition) is 0. The lowest BCUT2D eigenvalue weighted by molar-refractivity contribution is -0.155. The Morgan fingerprint density at radius 3 is 2.31 bits per heavy atom. The molecule has 0 aromatic rings. The number of carbonyl (C=O) groups is 2. The molecule has 10 heteroatoms. The van der Waals surface area contributed by atoms with Crippen molar-refractivity contribution >= 4 is 22.3 Å². The lowest BCUT2D eigenvalue weighted by Crippen LogP contribution is -2.35. The van der Waals surface area contributed by atoms with Crippen molar-refractivity contribution in [2.24, 2.45) is 0 Å². The molecule has 0 aromatic heterocycles. The number of amides is 1. The van der Waals surface area contributed by atoms with Gasteiger partial charge in [0, 0.05) is 19.9 Å². The van der Waals surface area contributed by atoms with Crippen LogP contribution in [0.3, 0.4) is 0 Å². The van der Waals surface area contributed by atoms with Gasteiger partial charge in [-0.05, 0) is 0 Å². The van der Waals surface area contributed by atoms with Crippen molar-refractivity contribution in [3.8, 4) is 0 Å². The number of aldehydes is 1. The maximum atomic E-state index is 11.8. The molecule has 0 N–H and O–H groups in total. The Hall–Kier alpha value is -1.16. The van der Waals surface area contributed by atoms with E-state index in [2.05, 4.69) is 4.28 Å². The van der Waals surface area contributed by atoms with Crippen molar-refractivity contribution in [2.75, 3.05) is 7.05 Å². The Labute approximate surface area is 89.0 Å². The lowest BCUT2D eigenvalue weighted by Gasteiger charge is -2.16. The van der Waals surface area contributed by atoms with Crippen molar-refractivity contribution in [3.63, 3.8) is 0 Å². The van der Waals surface area contributed by atoms with Crippen molar-refractivity contribution in [1.82, 2.24) is 5.06 Å². The van der Waals surface area contributed by atoms with Gasteiger partial charge in [-0.1, -0.05) is 0 Å². The first-order valence-electron chi connectivity index (χ1n) is 3.83. The molecule has 0 heterocycles. The second-order valence-corrected chi connectivity index (χ2v) is 4.09. The molecule has 0 fully saturated rings. The zero-order valence-electron chi connectivity index (χ0n) is 8.02. The summed E-state index contributed by atoms with van der Waals surface area (Å²) in [6, 6.07) is 0. The van der Waals surface area contributed by atoms with E-state index in [1.807, 2.05) is 0 Å². The summed E-state index contributed by atoms with van der Waals surface area (Å²) in [5.74, 6) is -1.06. The Bertz CT molecular complexity index is 363. The van der Waals surface area contributed by atoms with Crippen molar-refractivity contribution in [2.45, 2.75) is 18.3 Å². The summed E-state index contributed by atoms with van der Waals surface area (Å²) >= 11 is 0. The molecule has 0 aliphatic heterocycles. The molecule has 0 spiro atoms. The molecule has 94 valence electrons. The molecule has 0 aliphatic carbocycles. The molecule has 0 aromatic carbocycles. The minimum Gasteiger partial charge on any atom is -0.303 e.